The monoisotopic (exact) mass is 364 g/mol. The maximum atomic E-state index is 13.0. The topological polar surface area (TPSA) is 83.4 Å². The maximum Gasteiger partial charge on any atom is 0.253 e. The number of carbonyl (C=O) groups is 2. The Labute approximate surface area is 157 Å². The lowest BCUT2D eigenvalue weighted by Gasteiger charge is -2.21. The number of carbonyl (C=O) groups excluding carboxylic acids is 2. The lowest BCUT2D eigenvalue weighted by Crippen LogP contribution is -2.36. The third-order valence-electron chi connectivity index (χ3n) is 5.02. The predicted molar refractivity (Wildman–Crippen MR) is 101 cm³/mol. The predicted octanol–water partition coefficient (Wildman–Crippen LogP) is 1.74. The Hall–Kier alpha value is -3.22. The van der Waals surface area contributed by atoms with Crippen LogP contribution in [-0.2, 0) is 4.79 Å². The van der Waals surface area contributed by atoms with E-state index in [1.807, 2.05) is 41.4 Å². The highest BCUT2D eigenvalue weighted by Crippen LogP contribution is 2.25. The zero-order valence-electron chi connectivity index (χ0n) is 15.2. The molecule has 0 atom stereocenters. The van der Waals surface area contributed by atoms with E-state index in [9.17, 15) is 9.59 Å². The highest BCUT2D eigenvalue weighted by molar-refractivity contribution is 5.97. The number of fused-ring (bicyclic) bond motifs is 1. The lowest BCUT2D eigenvalue weighted by molar-refractivity contribution is -0.352. The van der Waals surface area contributed by atoms with Crippen molar-refractivity contribution in [2.75, 3.05) is 26.2 Å². The van der Waals surface area contributed by atoms with Crippen LogP contribution in [0.15, 0.2) is 42.9 Å². The minimum absolute atomic E-state index is 0.00458. The van der Waals surface area contributed by atoms with Crippen molar-refractivity contribution in [1.82, 2.24) is 19.8 Å². The summed E-state index contributed by atoms with van der Waals surface area (Å²) in [5.74, 6) is 0.0591. The van der Waals surface area contributed by atoms with E-state index in [1.165, 1.54) is 0 Å². The summed E-state index contributed by atoms with van der Waals surface area (Å²) in [6, 6.07) is 9.55. The molecule has 4 rings (SSSR count). The molecule has 0 spiro atoms. The first-order valence-electron chi connectivity index (χ1n) is 9.12. The van der Waals surface area contributed by atoms with Gasteiger partial charge in [0.1, 0.15) is 0 Å². The van der Waals surface area contributed by atoms with E-state index in [4.69, 9.17) is 0 Å². The van der Waals surface area contributed by atoms with Crippen molar-refractivity contribution in [3.63, 3.8) is 0 Å². The van der Waals surface area contributed by atoms with Gasteiger partial charge in [-0.05, 0) is 24.6 Å². The summed E-state index contributed by atoms with van der Waals surface area (Å²) in [5, 5.41) is 0.981. The molecule has 1 fully saturated rings. The van der Waals surface area contributed by atoms with Crippen molar-refractivity contribution >= 4 is 22.8 Å². The summed E-state index contributed by atoms with van der Waals surface area (Å²) >= 11 is 0. The number of H-pyrrole nitrogens is 2. The second-order valence-electron chi connectivity index (χ2n) is 6.75. The number of aromatic amines is 2. The molecule has 1 aliphatic rings. The Balaban J connectivity index is 1.60. The third-order valence-corrected chi connectivity index (χ3v) is 5.02. The van der Waals surface area contributed by atoms with E-state index < -0.39 is 0 Å². The van der Waals surface area contributed by atoms with Crippen LogP contribution in [0.25, 0.3) is 22.3 Å². The van der Waals surface area contributed by atoms with Crippen LogP contribution < -0.4 is 4.98 Å². The Kier molecular flexibility index (Phi) is 4.58. The van der Waals surface area contributed by atoms with Crippen molar-refractivity contribution in [3.8, 4) is 11.3 Å². The number of nitrogens with zero attached hydrogens (tertiary/aromatic N) is 3. The smallest absolute Gasteiger partial charge is 0.253 e. The second kappa shape index (κ2) is 7.19. The minimum Gasteiger partial charge on any atom is -0.341 e. The van der Waals surface area contributed by atoms with Gasteiger partial charge in [-0.1, -0.05) is 12.1 Å². The number of aromatic nitrogens is 3. The molecule has 0 bridgehead atoms. The van der Waals surface area contributed by atoms with Crippen LogP contribution in [0, 0.1) is 0 Å². The largest absolute Gasteiger partial charge is 0.341 e. The molecule has 0 saturated carbocycles. The van der Waals surface area contributed by atoms with Gasteiger partial charge in [-0.25, -0.2) is 4.98 Å². The second-order valence-corrected chi connectivity index (χ2v) is 6.75. The molecule has 138 valence electrons. The molecule has 2 N–H and O–H groups in total. The zero-order valence-corrected chi connectivity index (χ0v) is 15.2. The van der Waals surface area contributed by atoms with Crippen LogP contribution in [0.2, 0.25) is 0 Å². The van der Waals surface area contributed by atoms with Crippen molar-refractivity contribution in [2.24, 2.45) is 0 Å². The number of hydrogen-bond donors (Lipinski definition) is 1. The Morgan fingerprint density at radius 2 is 1.93 bits per heavy atom. The summed E-state index contributed by atoms with van der Waals surface area (Å²) in [5.41, 5.74) is 3.27. The quantitative estimate of drug-likeness (QED) is 0.752. The molecule has 1 aliphatic heterocycles. The number of benzene rings is 1. The molecule has 0 radical (unpaired) electrons. The standard InChI is InChI=1S/C20H21N5O2/c1-14(26)24-8-3-9-25(11-10-24)20(27)16-5-2-4-15(12-16)18-17-6-7-21-19(17)23-13-22-18/h2,4-7,12-13H,3,8-11H2,1H3,(H,21,22,23)/p+1. The zero-order chi connectivity index (χ0) is 18.8. The molecule has 1 aromatic carbocycles. The van der Waals surface area contributed by atoms with Gasteiger partial charge in [0, 0.05) is 44.2 Å². The van der Waals surface area contributed by atoms with Crippen LogP contribution >= 0.6 is 0 Å². The first-order valence-corrected chi connectivity index (χ1v) is 9.12. The number of amides is 2. The number of rotatable bonds is 2. The number of nitrogens with one attached hydrogen (secondary N) is 2. The van der Waals surface area contributed by atoms with Gasteiger partial charge < -0.3 is 9.80 Å². The molecule has 2 amide bonds. The summed E-state index contributed by atoms with van der Waals surface area (Å²) in [4.78, 5) is 38.9. The van der Waals surface area contributed by atoms with E-state index in [1.54, 1.807) is 18.2 Å². The van der Waals surface area contributed by atoms with Gasteiger partial charge in [0.2, 0.25) is 17.9 Å². The summed E-state index contributed by atoms with van der Waals surface area (Å²) < 4.78 is 0. The normalized spacial score (nSPS) is 15.0. The van der Waals surface area contributed by atoms with Gasteiger partial charge in [0.15, 0.2) is 5.69 Å². The highest BCUT2D eigenvalue weighted by atomic mass is 16.2. The van der Waals surface area contributed by atoms with Gasteiger partial charge in [-0.3, -0.25) is 14.6 Å². The van der Waals surface area contributed by atoms with Crippen molar-refractivity contribution < 1.29 is 14.6 Å². The van der Waals surface area contributed by atoms with Crippen LogP contribution in [0.1, 0.15) is 23.7 Å². The first kappa shape index (κ1) is 17.2. The van der Waals surface area contributed by atoms with Gasteiger partial charge in [0.25, 0.3) is 5.91 Å². The van der Waals surface area contributed by atoms with Gasteiger partial charge in [-0.2, -0.15) is 0 Å². The van der Waals surface area contributed by atoms with Crippen LogP contribution in [-0.4, -0.2) is 57.8 Å². The minimum atomic E-state index is -0.00458. The fourth-order valence-electron chi connectivity index (χ4n) is 3.56. The molecule has 0 unspecified atom stereocenters. The molecule has 1 saturated heterocycles. The third kappa shape index (κ3) is 3.40. The SMILES string of the molecule is CC(=O)N1CCCN(C(=O)c2cccc(-c3nc[nH+]c4[nH]ccc34)c2)CC1. The molecule has 0 aliphatic carbocycles. The molecular weight excluding hydrogens is 342 g/mol. The Morgan fingerprint density at radius 1 is 1.11 bits per heavy atom. The molecular formula is C20H22N5O2+. The average Bonchev–Trinajstić information content (AvgIpc) is 3.03. The molecule has 3 aromatic rings. The van der Waals surface area contributed by atoms with Crippen LogP contribution in [0.5, 0.6) is 0 Å². The molecule has 27 heavy (non-hydrogen) atoms. The summed E-state index contributed by atoms with van der Waals surface area (Å²) in [6.45, 7) is 4.08. The molecule has 2 aromatic heterocycles. The molecule has 7 nitrogen and oxygen atoms in total. The van der Waals surface area contributed by atoms with Crippen molar-refractivity contribution in [3.05, 3.63) is 48.4 Å². The van der Waals surface area contributed by atoms with Crippen LogP contribution in [0.4, 0.5) is 0 Å². The first-order chi connectivity index (χ1) is 13.1. The Bertz CT molecular complexity index is 997. The van der Waals surface area contributed by atoms with Crippen molar-refractivity contribution in [1.29, 1.82) is 0 Å². The van der Waals surface area contributed by atoms with E-state index >= 15 is 0 Å². The number of hydrogen-bond acceptors (Lipinski definition) is 3. The highest BCUT2D eigenvalue weighted by Gasteiger charge is 2.22. The van der Waals surface area contributed by atoms with Gasteiger partial charge in [0.05, 0.1) is 11.6 Å². The fraction of sp³-hybridized carbons (Fsp3) is 0.300. The maximum absolute atomic E-state index is 13.0. The van der Waals surface area contributed by atoms with Gasteiger partial charge >= 0.3 is 0 Å². The average molecular weight is 364 g/mol. The van der Waals surface area contributed by atoms with E-state index in [2.05, 4.69) is 15.0 Å². The molecule has 3 heterocycles. The lowest BCUT2D eigenvalue weighted by atomic mass is 10.0. The fourth-order valence-corrected chi connectivity index (χ4v) is 3.56. The van der Waals surface area contributed by atoms with E-state index in [0.717, 1.165) is 28.7 Å². The van der Waals surface area contributed by atoms with Gasteiger partial charge in [-0.15, -0.1) is 4.98 Å². The van der Waals surface area contributed by atoms with E-state index in [0.29, 0.717) is 31.7 Å². The van der Waals surface area contributed by atoms with Crippen LogP contribution in [0.3, 0.4) is 0 Å². The Morgan fingerprint density at radius 3 is 2.78 bits per heavy atom. The molecule has 7 heteroatoms. The summed E-state index contributed by atoms with van der Waals surface area (Å²) in [6.07, 6.45) is 4.30. The van der Waals surface area contributed by atoms with E-state index in [-0.39, 0.29) is 11.8 Å². The van der Waals surface area contributed by atoms with Crippen molar-refractivity contribution in [2.45, 2.75) is 13.3 Å². The summed E-state index contributed by atoms with van der Waals surface area (Å²) in [7, 11) is 0.